The highest BCUT2D eigenvalue weighted by molar-refractivity contribution is 6.20. The second-order valence-electron chi connectivity index (χ2n) is 14.3. The quantitative estimate of drug-likeness (QED) is 0.176. The summed E-state index contributed by atoms with van der Waals surface area (Å²) in [5, 5.41) is 6.43. The van der Waals surface area contributed by atoms with Crippen molar-refractivity contribution in [2.45, 2.75) is 0 Å². The summed E-state index contributed by atoms with van der Waals surface area (Å²) in [6.07, 6.45) is 0. The maximum atomic E-state index is 7.07. The highest BCUT2D eigenvalue weighted by Gasteiger charge is 2.24. The molecule has 8 aromatic carbocycles. The molecule has 0 N–H and O–H groups in total. The Kier molecular flexibility index (Phi) is 6.83. The van der Waals surface area contributed by atoms with Gasteiger partial charge in [0.25, 0.3) is 0 Å². The Hall–Kier alpha value is -7.83. The highest BCUT2D eigenvalue weighted by atomic mass is 16.3. The van der Waals surface area contributed by atoms with Crippen molar-refractivity contribution in [2.24, 2.45) is 0 Å². The molecule has 4 aromatic heterocycles. The third kappa shape index (κ3) is 4.87. The predicted molar refractivity (Wildman–Crippen MR) is 230 cm³/mol. The zero-order chi connectivity index (χ0) is 37.5. The van der Waals surface area contributed by atoms with E-state index in [4.69, 9.17) is 23.8 Å². The molecule has 0 aliphatic carbocycles. The monoisotopic (exact) mass is 730 g/mol. The van der Waals surface area contributed by atoms with Crippen molar-refractivity contribution in [1.82, 2.24) is 19.5 Å². The number of nitrogens with zero attached hydrogens (tertiary/aromatic N) is 4. The van der Waals surface area contributed by atoms with E-state index in [0.717, 1.165) is 88.4 Å². The van der Waals surface area contributed by atoms with E-state index in [0.29, 0.717) is 17.5 Å². The molecule has 0 fully saturated rings. The van der Waals surface area contributed by atoms with Gasteiger partial charge < -0.3 is 13.4 Å². The van der Waals surface area contributed by atoms with Crippen molar-refractivity contribution < 1.29 is 8.83 Å². The Morgan fingerprint density at radius 2 is 0.930 bits per heavy atom. The van der Waals surface area contributed by atoms with Gasteiger partial charge >= 0.3 is 0 Å². The van der Waals surface area contributed by atoms with Crippen LogP contribution in [0.15, 0.2) is 191 Å². The fourth-order valence-electron chi connectivity index (χ4n) is 8.51. The van der Waals surface area contributed by atoms with Crippen LogP contribution in [-0.2, 0) is 0 Å². The minimum atomic E-state index is 0.570. The van der Waals surface area contributed by atoms with Crippen LogP contribution in [0.3, 0.4) is 0 Å². The standard InChI is InChI=1S/C51H30N4O2/c1-3-14-31(15-4-1)49-52-50(32-16-5-2-6-17-32)54-51(53-49)38-21-13-25-45-46(38)47-42(55-40-22-10-7-18-35(40)36-19-8-11-23-41(36)55)28-27-34(48(47)57-45)33-26-29-44-39(30-33)37-20-9-12-24-43(37)56-44/h1-30H. The number of furan rings is 2. The van der Waals surface area contributed by atoms with Crippen molar-refractivity contribution in [3.8, 4) is 51.0 Å². The van der Waals surface area contributed by atoms with Crippen LogP contribution in [0, 0.1) is 0 Å². The van der Waals surface area contributed by atoms with E-state index >= 15 is 0 Å². The molecule has 6 nitrogen and oxygen atoms in total. The first-order valence-corrected chi connectivity index (χ1v) is 19.0. The molecular weight excluding hydrogens is 701 g/mol. The SMILES string of the molecule is c1ccc(-c2nc(-c3ccccc3)nc(-c3cccc4oc5c(-c6ccc7oc8ccccc8c7c6)ccc(-n6c7ccccc7c7ccccc76)c5c34)n2)cc1. The number of hydrogen-bond donors (Lipinski definition) is 0. The van der Waals surface area contributed by atoms with Gasteiger partial charge in [0, 0.05) is 49.2 Å². The van der Waals surface area contributed by atoms with Gasteiger partial charge in [-0.15, -0.1) is 0 Å². The summed E-state index contributed by atoms with van der Waals surface area (Å²) < 4.78 is 15.7. The lowest BCUT2D eigenvalue weighted by atomic mass is 9.97. The number of rotatable bonds is 5. The number of hydrogen-bond acceptors (Lipinski definition) is 5. The molecule has 0 radical (unpaired) electrons. The van der Waals surface area contributed by atoms with Crippen LogP contribution in [0.25, 0.3) is 117 Å². The van der Waals surface area contributed by atoms with E-state index < -0.39 is 0 Å². The summed E-state index contributed by atoms with van der Waals surface area (Å²) in [6.45, 7) is 0. The van der Waals surface area contributed by atoms with E-state index in [2.05, 4.69) is 102 Å². The van der Waals surface area contributed by atoms with Gasteiger partial charge in [0.05, 0.1) is 22.1 Å². The van der Waals surface area contributed by atoms with Gasteiger partial charge in [-0.3, -0.25) is 0 Å². The average molecular weight is 731 g/mol. The number of benzene rings is 8. The van der Waals surface area contributed by atoms with Gasteiger partial charge in [-0.1, -0.05) is 133 Å². The zero-order valence-electron chi connectivity index (χ0n) is 30.4. The lowest BCUT2D eigenvalue weighted by Gasteiger charge is -2.13. The number of para-hydroxylation sites is 3. The summed E-state index contributed by atoms with van der Waals surface area (Å²) in [4.78, 5) is 15.4. The maximum Gasteiger partial charge on any atom is 0.164 e. The number of aromatic nitrogens is 4. The first-order valence-electron chi connectivity index (χ1n) is 19.0. The van der Waals surface area contributed by atoms with Gasteiger partial charge in [-0.25, -0.2) is 15.0 Å². The minimum Gasteiger partial charge on any atom is -0.456 e. The lowest BCUT2D eigenvalue weighted by molar-refractivity contribution is 0.668. The molecule has 6 heteroatoms. The Bertz CT molecular complexity index is 3410. The van der Waals surface area contributed by atoms with Crippen molar-refractivity contribution in [2.75, 3.05) is 0 Å². The predicted octanol–water partition coefficient (Wildman–Crippen LogP) is 13.4. The van der Waals surface area contributed by atoms with Gasteiger partial charge in [-0.2, -0.15) is 0 Å². The normalized spacial score (nSPS) is 11.9. The Balaban J connectivity index is 1.20. The fourth-order valence-corrected chi connectivity index (χ4v) is 8.51. The summed E-state index contributed by atoms with van der Waals surface area (Å²) in [5.41, 5.74) is 11.2. The molecular formula is C51H30N4O2. The average Bonchev–Trinajstić information content (AvgIpc) is 3.96. The Labute approximate surface area is 325 Å². The molecule has 266 valence electrons. The molecule has 0 saturated carbocycles. The molecule has 0 saturated heterocycles. The van der Waals surface area contributed by atoms with Crippen molar-refractivity contribution >= 4 is 65.7 Å². The first-order chi connectivity index (χ1) is 28.3. The third-order valence-electron chi connectivity index (χ3n) is 11.1. The molecule has 0 atom stereocenters. The minimum absolute atomic E-state index is 0.570. The van der Waals surface area contributed by atoms with Crippen LogP contribution in [0.1, 0.15) is 0 Å². The third-order valence-corrected chi connectivity index (χ3v) is 11.1. The van der Waals surface area contributed by atoms with E-state index in [1.54, 1.807) is 0 Å². The summed E-state index contributed by atoms with van der Waals surface area (Å²) in [7, 11) is 0. The van der Waals surface area contributed by atoms with E-state index in [1.807, 2.05) is 84.9 Å². The van der Waals surface area contributed by atoms with E-state index in [9.17, 15) is 0 Å². The van der Waals surface area contributed by atoms with Crippen LogP contribution in [0.5, 0.6) is 0 Å². The highest BCUT2D eigenvalue weighted by Crippen LogP contribution is 2.46. The number of fused-ring (bicyclic) bond motifs is 9. The summed E-state index contributed by atoms with van der Waals surface area (Å²) >= 11 is 0. The van der Waals surface area contributed by atoms with Crippen molar-refractivity contribution in [1.29, 1.82) is 0 Å². The van der Waals surface area contributed by atoms with E-state index in [-0.39, 0.29) is 0 Å². The topological polar surface area (TPSA) is 69.9 Å². The van der Waals surface area contributed by atoms with Crippen molar-refractivity contribution in [3.05, 3.63) is 182 Å². The largest absolute Gasteiger partial charge is 0.456 e. The van der Waals surface area contributed by atoms with Gasteiger partial charge in [0.15, 0.2) is 17.5 Å². The lowest BCUT2D eigenvalue weighted by Crippen LogP contribution is -2.00. The molecule has 0 bridgehead atoms. The van der Waals surface area contributed by atoms with Gasteiger partial charge in [-0.05, 0) is 54.1 Å². The van der Waals surface area contributed by atoms with E-state index in [1.165, 1.54) is 10.8 Å². The van der Waals surface area contributed by atoms with Crippen LogP contribution in [0.2, 0.25) is 0 Å². The molecule has 0 spiro atoms. The molecule has 0 aliphatic heterocycles. The van der Waals surface area contributed by atoms with Crippen LogP contribution < -0.4 is 0 Å². The van der Waals surface area contributed by atoms with Crippen molar-refractivity contribution in [3.63, 3.8) is 0 Å². The smallest absolute Gasteiger partial charge is 0.164 e. The zero-order valence-corrected chi connectivity index (χ0v) is 30.4. The molecule has 4 heterocycles. The van der Waals surface area contributed by atoms with Crippen LogP contribution >= 0.6 is 0 Å². The summed E-state index contributed by atoms with van der Waals surface area (Å²) in [6, 6.07) is 62.6. The second-order valence-corrected chi connectivity index (χ2v) is 14.3. The summed E-state index contributed by atoms with van der Waals surface area (Å²) in [5.74, 6) is 1.78. The fraction of sp³-hybridized carbons (Fsp3) is 0. The second kappa shape index (κ2) is 12.3. The Morgan fingerprint density at radius 1 is 0.351 bits per heavy atom. The molecule has 57 heavy (non-hydrogen) atoms. The molecule has 0 amide bonds. The van der Waals surface area contributed by atoms with Crippen LogP contribution in [-0.4, -0.2) is 19.5 Å². The first kappa shape index (κ1) is 31.5. The van der Waals surface area contributed by atoms with Gasteiger partial charge in [0.1, 0.15) is 22.3 Å². The Morgan fingerprint density at radius 3 is 1.63 bits per heavy atom. The molecule has 0 unspecified atom stereocenters. The van der Waals surface area contributed by atoms with Crippen LogP contribution in [0.4, 0.5) is 0 Å². The molecule has 12 aromatic rings. The maximum absolute atomic E-state index is 7.07. The molecule has 12 rings (SSSR count). The van der Waals surface area contributed by atoms with Gasteiger partial charge in [0.2, 0.25) is 0 Å². The molecule has 0 aliphatic rings.